The average molecular weight is 256 g/mol. The molecule has 0 amide bonds. The molecule has 6 heteroatoms. The van der Waals surface area contributed by atoms with Crippen LogP contribution in [0, 0.1) is 0 Å². The number of ether oxygens (including phenoxy) is 1. The van der Waals surface area contributed by atoms with Crippen LogP contribution in [-0.2, 0) is 10.0 Å². The Labute approximate surface area is 101 Å². The number of methoxy groups -OCH3 is 1. The summed E-state index contributed by atoms with van der Waals surface area (Å²) < 4.78 is 31.3. The van der Waals surface area contributed by atoms with Crippen LogP contribution in [0.1, 0.15) is 6.92 Å². The van der Waals surface area contributed by atoms with Gasteiger partial charge in [-0.15, -0.1) is 6.58 Å². The molecular formula is C11H16N2O3S. The molecule has 1 atom stereocenters. The van der Waals surface area contributed by atoms with E-state index >= 15 is 0 Å². The molecule has 0 heterocycles. The van der Waals surface area contributed by atoms with E-state index < -0.39 is 10.0 Å². The highest BCUT2D eigenvalue weighted by atomic mass is 32.2. The molecule has 0 saturated heterocycles. The quantitative estimate of drug-likeness (QED) is 0.611. The molecule has 0 radical (unpaired) electrons. The molecule has 0 aliphatic carbocycles. The fourth-order valence-electron chi connectivity index (χ4n) is 1.25. The predicted molar refractivity (Wildman–Crippen MR) is 67.4 cm³/mol. The van der Waals surface area contributed by atoms with Crippen molar-refractivity contribution in [3.05, 3.63) is 30.9 Å². The maximum absolute atomic E-state index is 11.9. The number of sulfonamides is 1. The number of benzene rings is 1. The van der Waals surface area contributed by atoms with Crippen molar-refractivity contribution in [3.8, 4) is 5.75 Å². The molecular weight excluding hydrogens is 240 g/mol. The Morgan fingerprint density at radius 1 is 1.53 bits per heavy atom. The lowest BCUT2D eigenvalue weighted by atomic mass is 10.3. The first-order valence-corrected chi connectivity index (χ1v) is 6.47. The first-order chi connectivity index (χ1) is 7.90. The second-order valence-corrected chi connectivity index (χ2v) is 5.23. The number of nitrogens with one attached hydrogen (secondary N) is 1. The van der Waals surface area contributed by atoms with Crippen LogP contribution in [-0.4, -0.2) is 21.6 Å². The Balaban J connectivity index is 3.11. The summed E-state index contributed by atoms with van der Waals surface area (Å²) in [5.74, 6) is 0.512. The van der Waals surface area contributed by atoms with E-state index in [0.717, 1.165) is 0 Å². The molecule has 0 aliphatic rings. The Hall–Kier alpha value is -1.53. The monoisotopic (exact) mass is 256 g/mol. The summed E-state index contributed by atoms with van der Waals surface area (Å²) in [4.78, 5) is 0.0343. The molecule has 0 aliphatic heterocycles. The van der Waals surface area contributed by atoms with E-state index in [0.29, 0.717) is 5.75 Å². The number of rotatable bonds is 5. The highest BCUT2D eigenvalue weighted by molar-refractivity contribution is 7.89. The van der Waals surface area contributed by atoms with Gasteiger partial charge in [0.1, 0.15) is 10.6 Å². The fourth-order valence-corrected chi connectivity index (χ4v) is 2.58. The second kappa shape index (κ2) is 5.20. The fraction of sp³-hybridized carbons (Fsp3) is 0.273. The van der Waals surface area contributed by atoms with Gasteiger partial charge in [0.25, 0.3) is 0 Å². The average Bonchev–Trinajstić information content (AvgIpc) is 2.27. The van der Waals surface area contributed by atoms with E-state index in [1.54, 1.807) is 13.0 Å². The number of nitrogen functional groups attached to an aromatic ring is 1. The van der Waals surface area contributed by atoms with Crippen LogP contribution in [0.5, 0.6) is 5.75 Å². The molecule has 0 saturated carbocycles. The van der Waals surface area contributed by atoms with Crippen molar-refractivity contribution in [2.24, 2.45) is 0 Å². The largest absolute Gasteiger partial charge is 0.497 e. The van der Waals surface area contributed by atoms with Crippen LogP contribution in [0.2, 0.25) is 0 Å². The minimum Gasteiger partial charge on any atom is -0.497 e. The number of hydrogen-bond donors (Lipinski definition) is 2. The van der Waals surface area contributed by atoms with Gasteiger partial charge in [-0.1, -0.05) is 6.08 Å². The third kappa shape index (κ3) is 3.21. The van der Waals surface area contributed by atoms with E-state index in [1.807, 2.05) is 0 Å². The molecule has 0 spiro atoms. The Morgan fingerprint density at radius 2 is 2.18 bits per heavy atom. The van der Waals surface area contributed by atoms with Crippen molar-refractivity contribution in [1.29, 1.82) is 0 Å². The summed E-state index contributed by atoms with van der Waals surface area (Å²) in [6.07, 6.45) is 1.50. The lowest BCUT2D eigenvalue weighted by molar-refractivity contribution is 0.414. The lowest BCUT2D eigenvalue weighted by Crippen LogP contribution is -2.31. The lowest BCUT2D eigenvalue weighted by Gasteiger charge is -2.12. The molecule has 0 bridgehead atoms. The summed E-state index contributed by atoms with van der Waals surface area (Å²) in [6.45, 7) is 5.19. The van der Waals surface area contributed by atoms with Gasteiger partial charge in [-0.05, 0) is 19.1 Å². The smallest absolute Gasteiger partial charge is 0.243 e. The predicted octanol–water partition coefficient (Wildman–Crippen LogP) is 1.13. The van der Waals surface area contributed by atoms with Crippen molar-refractivity contribution in [1.82, 2.24) is 4.72 Å². The van der Waals surface area contributed by atoms with Gasteiger partial charge in [-0.3, -0.25) is 0 Å². The zero-order valence-corrected chi connectivity index (χ0v) is 10.6. The van der Waals surface area contributed by atoms with E-state index in [2.05, 4.69) is 11.3 Å². The van der Waals surface area contributed by atoms with Crippen molar-refractivity contribution in [2.45, 2.75) is 17.9 Å². The second-order valence-electron chi connectivity index (χ2n) is 3.55. The van der Waals surface area contributed by atoms with E-state index in [1.165, 1.54) is 25.3 Å². The molecule has 5 nitrogen and oxygen atoms in total. The topological polar surface area (TPSA) is 81.4 Å². The van der Waals surface area contributed by atoms with Crippen molar-refractivity contribution < 1.29 is 13.2 Å². The standard InChI is InChI=1S/C11H16N2O3S/c1-4-8(2)13-17(14,15)11-6-5-9(16-3)7-10(11)12/h4-8,13H,1,12H2,2-3H3. The molecule has 3 N–H and O–H groups in total. The number of anilines is 1. The summed E-state index contributed by atoms with van der Waals surface area (Å²) in [6, 6.07) is 4.06. The normalized spacial score (nSPS) is 13.1. The molecule has 1 unspecified atom stereocenters. The van der Waals surface area contributed by atoms with Crippen LogP contribution >= 0.6 is 0 Å². The summed E-state index contributed by atoms with van der Waals surface area (Å²) in [5, 5.41) is 0. The summed E-state index contributed by atoms with van der Waals surface area (Å²) in [7, 11) is -2.14. The number of hydrogen-bond acceptors (Lipinski definition) is 4. The zero-order chi connectivity index (χ0) is 13.1. The summed E-state index contributed by atoms with van der Waals surface area (Å²) >= 11 is 0. The number of nitrogens with two attached hydrogens (primary N) is 1. The Morgan fingerprint density at radius 3 is 2.65 bits per heavy atom. The highest BCUT2D eigenvalue weighted by Crippen LogP contribution is 2.23. The van der Waals surface area contributed by atoms with Crippen molar-refractivity contribution in [3.63, 3.8) is 0 Å². The van der Waals surface area contributed by atoms with Gasteiger partial charge in [-0.2, -0.15) is 0 Å². The minimum absolute atomic E-state index is 0.0343. The maximum Gasteiger partial charge on any atom is 0.243 e. The van der Waals surface area contributed by atoms with Crippen LogP contribution in [0.25, 0.3) is 0 Å². The van der Waals surface area contributed by atoms with Gasteiger partial charge in [0.2, 0.25) is 10.0 Å². The van der Waals surface area contributed by atoms with Gasteiger partial charge in [0, 0.05) is 12.1 Å². The van der Waals surface area contributed by atoms with Crippen LogP contribution in [0.3, 0.4) is 0 Å². The maximum atomic E-state index is 11.9. The minimum atomic E-state index is -3.63. The molecule has 17 heavy (non-hydrogen) atoms. The highest BCUT2D eigenvalue weighted by Gasteiger charge is 2.19. The molecule has 94 valence electrons. The molecule has 1 aromatic rings. The third-order valence-electron chi connectivity index (χ3n) is 2.20. The third-order valence-corrected chi connectivity index (χ3v) is 3.83. The van der Waals surface area contributed by atoms with Crippen LogP contribution < -0.4 is 15.2 Å². The van der Waals surface area contributed by atoms with Gasteiger partial charge in [0.05, 0.1) is 12.8 Å². The van der Waals surface area contributed by atoms with Crippen molar-refractivity contribution in [2.75, 3.05) is 12.8 Å². The molecule has 1 rings (SSSR count). The molecule has 0 aromatic heterocycles. The van der Waals surface area contributed by atoms with Gasteiger partial charge in [0.15, 0.2) is 0 Å². The van der Waals surface area contributed by atoms with Gasteiger partial charge >= 0.3 is 0 Å². The van der Waals surface area contributed by atoms with Crippen LogP contribution in [0.15, 0.2) is 35.7 Å². The Bertz CT molecular complexity index is 511. The van der Waals surface area contributed by atoms with E-state index in [9.17, 15) is 8.42 Å². The van der Waals surface area contributed by atoms with Gasteiger partial charge < -0.3 is 10.5 Å². The molecule has 0 fully saturated rings. The molecule has 1 aromatic carbocycles. The van der Waals surface area contributed by atoms with Crippen LogP contribution in [0.4, 0.5) is 5.69 Å². The van der Waals surface area contributed by atoms with Crippen molar-refractivity contribution >= 4 is 15.7 Å². The van der Waals surface area contributed by atoms with Gasteiger partial charge in [-0.25, -0.2) is 13.1 Å². The Kier molecular flexibility index (Phi) is 4.14. The zero-order valence-electron chi connectivity index (χ0n) is 9.80. The first-order valence-electron chi connectivity index (χ1n) is 4.99. The summed E-state index contributed by atoms with van der Waals surface area (Å²) in [5.41, 5.74) is 5.82. The first kappa shape index (κ1) is 13.5. The van der Waals surface area contributed by atoms with E-state index in [4.69, 9.17) is 10.5 Å². The SMILES string of the molecule is C=CC(C)NS(=O)(=O)c1ccc(OC)cc1N. The van der Waals surface area contributed by atoms with E-state index in [-0.39, 0.29) is 16.6 Å².